The van der Waals surface area contributed by atoms with E-state index in [1.54, 1.807) is 24.3 Å². The van der Waals surface area contributed by atoms with Gasteiger partial charge >= 0.3 is 0 Å². The van der Waals surface area contributed by atoms with Crippen molar-refractivity contribution in [2.45, 2.75) is 31.2 Å². The van der Waals surface area contributed by atoms with Gasteiger partial charge in [-0.3, -0.25) is 0 Å². The summed E-state index contributed by atoms with van der Waals surface area (Å²) < 4.78 is 38.4. The highest BCUT2D eigenvalue weighted by Gasteiger charge is 2.26. The van der Waals surface area contributed by atoms with Gasteiger partial charge < -0.3 is 14.8 Å². The van der Waals surface area contributed by atoms with Gasteiger partial charge in [-0.2, -0.15) is 0 Å². The molecule has 0 bridgehead atoms. The maximum absolute atomic E-state index is 12.5. The van der Waals surface area contributed by atoms with Crippen molar-refractivity contribution in [2.24, 2.45) is 5.92 Å². The molecule has 2 N–H and O–H groups in total. The third-order valence-electron chi connectivity index (χ3n) is 3.97. The van der Waals surface area contributed by atoms with Crippen molar-refractivity contribution >= 4 is 10.0 Å². The summed E-state index contributed by atoms with van der Waals surface area (Å²) in [5, 5.41) is 3.22. The Morgan fingerprint density at radius 2 is 2.00 bits per heavy atom. The van der Waals surface area contributed by atoms with Crippen molar-refractivity contribution in [3.63, 3.8) is 0 Å². The first-order valence-electron chi connectivity index (χ1n) is 8.06. The summed E-state index contributed by atoms with van der Waals surface area (Å²) in [5.74, 6) is 0.962. The number of ether oxygens (including phenoxy) is 2. The molecule has 0 aromatic heterocycles. The summed E-state index contributed by atoms with van der Waals surface area (Å²) in [6.07, 6.45) is 0.972. The Hall–Kier alpha value is -1.15. The summed E-state index contributed by atoms with van der Waals surface area (Å²) in [4.78, 5) is 0.257. The molecule has 1 saturated heterocycles. The van der Waals surface area contributed by atoms with Crippen LogP contribution >= 0.6 is 0 Å². The molecule has 1 aliphatic rings. The SMILES string of the molecule is CCOCCOc1ccc(S(=O)(=O)NC2CNCCC2C)cc1. The molecular formula is C16H26N2O4S. The second-order valence-corrected chi connectivity index (χ2v) is 7.43. The van der Waals surface area contributed by atoms with Crippen LogP contribution in [0.15, 0.2) is 29.2 Å². The molecule has 1 aliphatic heterocycles. The number of piperidine rings is 1. The molecule has 2 atom stereocenters. The maximum Gasteiger partial charge on any atom is 0.240 e. The third kappa shape index (κ3) is 5.46. The van der Waals surface area contributed by atoms with Gasteiger partial charge in [0.2, 0.25) is 10.0 Å². The van der Waals surface area contributed by atoms with E-state index in [-0.39, 0.29) is 10.9 Å². The maximum atomic E-state index is 12.5. The van der Waals surface area contributed by atoms with E-state index in [0.29, 0.717) is 38.0 Å². The third-order valence-corrected chi connectivity index (χ3v) is 5.47. The van der Waals surface area contributed by atoms with Gasteiger partial charge in [0.15, 0.2) is 0 Å². The molecule has 1 aromatic rings. The van der Waals surface area contributed by atoms with Crippen LogP contribution in [0.3, 0.4) is 0 Å². The fourth-order valence-corrected chi connectivity index (χ4v) is 3.84. The predicted octanol–water partition coefficient (Wildman–Crippen LogP) is 1.38. The molecule has 0 saturated carbocycles. The Bertz CT molecular complexity index is 574. The van der Waals surface area contributed by atoms with E-state index in [0.717, 1.165) is 13.0 Å². The minimum atomic E-state index is -3.51. The van der Waals surface area contributed by atoms with Crippen LogP contribution in [0.25, 0.3) is 0 Å². The Morgan fingerprint density at radius 1 is 1.26 bits per heavy atom. The molecule has 7 heteroatoms. The normalized spacial score (nSPS) is 22.0. The second-order valence-electron chi connectivity index (χ2n) is 5.71. The lowest BCUT2D eigenvalue weighted by atomic mass is 9.96. The van der Waals surface area contributed by atoms with E-state index in [4.69, 9.17) is 9.47 Å². The van der Waals surface area contributed by atoms with Crippen LogP contribution in [0.2, 0.25) is 0 Å². The van der Waals surface area contributed by atoms with Gasteiger partial charge in [0.25, 0.3) is 0 Å². The van der Waals surface area contributed by atoms with Gasteiger partial charge in [-0.05, 0) is 50.1 Å². The zero-order chi connectivity index (χ0) is 16.7. The molecule has 23 heavy (non-hydrogen) atoms. The van der Waals surface area contributed by atoms with Crippen LogP contribution in [0.5, 0.6) is 5.75 Å². The average molecular weight is 342 g/mol. The molecule has 2 rings (SSSR count). The van der Waals surface area contributed by atoms with Gasteiger partial charge in [0.05, 0.1) is 11.5 Å². The topological polar surface area (TPSA) is 76.7 Å². The lowest BCUT2D eigenvalue weighted by Crippen LogP contribution is -2.50. The molecule has 0 radical (unpaired) electrons. The molecule has 0 aliphatic carbocycles. The quantitative estimate of drug-likeness (QED) is 0.698. The van der Waals surface area contributed by atoms with E-state index in [9.17, 15) is 8.42 Å². The van der Waals surface area contributed by atoms with Crippen LogP contribution in [-0.4, -0.2) is 47.4 Å². The zero-order valence-corrected chi connectivity index (χ0v) is 14.6. The van der Waals surface area contributed by atoms with Gasteiger partial charge in [-0.1, -0.05) is 6.92 Å². The first kappa shape index (κ1) is 18.2. The molecule has 6 nitrogen and oxygen atoms in total. The van der Waals surface area contributed by atoms with Crippen molar-refractivity contribution in [3.05, 3.63) is 24.3 Å². The summed E-state index contributed by atoms with van der Waals surface area (Å²) >= 11 is 0. The highest BCUT2D eigenvalue weighted by molar-refractivity contribution is 7.89. The lowest BCUT2D eigenvalue weighted by molar-refractivity contribution is 0.110. The monoisotopic (exact) mass is 342 g/mol. The average Bonchev–Trinajstić information content (AvgIpc) is 2.54. The fourth-order valence-electron chi connectivity index (χ4n) is 2.49. The van der Waals surface area contributed by atoms with Gasteiger partial charge in [-0.25, -0.2) is 13.1 Å². The van der Waals surface area contributed by atoms with E-state index in [2.05, 4.69) is 17.0 Å². The number of benzene rings is 1. The molecule has 1 fully saturated rings. The van der Waals surface area contributed by atoms with E-state index < -0.39 is 10.0 Å². The Balaban J connectivity index is 1.94. The second kappa shape index (κ2) is 8.63. The number of hydrogen-bond donors (Lipinski definition) is 2. The molecule has 1 heterocycles. The van der Waals surface area contributed by atoms with Crippen molar-refractivity contribution in [3.8, 4) is 5.75 Å². The molecule has 2 unspecified atom stereocenters. The molecule has 0 amide bonds. The fraction of sp³-hybridized carbons (Fsp3) is 0.625. The first-order chi connectivity index (χ1) is 11.0. The number of rotatable bonds is 8. The number of sulfonamides is 1. The first-order valence-corrected chi connectivity index (χ1v) is 9.55. The van der Waals surface area contributed by atoms with Crippen LogP contribution in [0, 0.1) is 5.92 Å². The van der Waals surface area contributed by atoms with Crippen LogP contribution in [-0.2, 0) is 14.8 Å². The molecule has 0 spiro atoms. The van der Waals surface area contributed by atoms with Gasteiger partial charge in [0.1, 0.15) is 12.4 Å². The lowest BCUT2D eigenvalue weighted by Gasteiger charge is -2.29. The predicted molar refractivity (Wildman–Crippen MR) is 89.2 cm³/mol. The zero-order valence-electron chi connectivity index (χ0n) is 13.7. The minimum absolute atomic E-state index is 0.0733. The van der Waals surface area contributed by atoms with Crippen LogP contribution < -0.4 is 14.8 Å². The summed E-state index contributed by atoms with van der Waals surface area (Å²) in [7, 11) is -3.51. The minimum Gasteiger partial charge on any atom is -0.491 e. The molecule has 130 valence electrons. The standard InChI is InChI=1S/C16H26N2O4S/c1-3-21-10-11-22-14-4-6-15(7-5-14)23(19,20)18-16-12-17-9-8-13(16)2/h4-7,13,16-18H,3,8-12H2,1-2H3. The number of hydrogen-bond acceptors (Lipinski definition) is 5. The van der Waals surface area contributed by atoms with E-state index in [1.807, 2.05) is 6.92 Å². The Labute approximate surface area is 138 Å². The summed E-state index contributed by atoms with van der Waals surface area (Å²) in [6, 6.07) is 6.40. The van der Waals surface area contributed by atoms with Crippen molar-refractivity contribution < 1.29 is 17.9 Å². The van der Waals surface area contributed by atoms with Crippen molar-refractivity contribution in [2.75, 3.05) is 32.9 Å². The van der Waals surface area contributed by atoms with E-state index in [1.165, 1.54) is 0 Å². The molecular weight excluding hydrogens is 316 g/mol. The Morgan fingerprint density at radius 3 is 2.65 bits per heavy atom. The van der Waals surface area contributed by atoms with Crippen LogP contribution in [0.4, 0.5) is 0 Å². The number of nitrogens with one attached hydrogen (secondary N) is 2. The van der Waals surface area contributed by atoms with Gasteiger partial charge in [0, 0.05) is 19.2 Å². The molecule has 1 aromatic carbocycles. The highest BCUT2D eigenvalue weighted by atomic mass is 32.2. The van der Waals surface area contributed by atoms with Gasteiger partial charge in [-0.15, -0.1) is 0 Å². The summed E-state index contributed by atoms with van der Waals surface area (Å²) in [6.45, 7) is 7.22. The van der Waals surface area contributed by atoms with Crippen LogP contribution in [0.1, 0.15) is 20.3 Å². The van der Waals surface area contributed by atoms with Crippen molar-refractivity contribution in [1.82, 2.24) is 10.0 Å². The Kier molecular flexibility index (Phi) is 6.83. The van der Waals surface area contributed by atoms with E-state index >= 15 is 0 Å². The highest BCUT2D eigenvalue weighted by Crippen LogP contribution is 2.18. The largest absolute Gasteiger partial charge is 0.491 e. The smallest absolute Gasteiger partial charge is 0.240 e. The summed E-state index contributed by atoms with van der Waals surface area (Å²) in [5.41, 5.74) is 0. The van der Waals surface area contributed by atoms with Crippen molar-refractivity contribution in [1.29, 1.82) is 0 Å².